The highest BCUT2D eigenvalue weighted by atomic mass is 31.2. The zero-order chi connectivity index (χ0) is 22.2. The number of fused-ring (bicyclic) bond motifs is 1. The van der Waals surface area contributed by atoms with Gasteiger partial charge in [0.1, 0.15) is 31.0 Å². The maximum Gasteiger partial charge on any atom is 0.350 e. The Labute approximate surface area is 176 Å². The van der Waals surface area contributed by atoms with Crippen molar-refractivity contribution in [3.8, 4) is 0 Å². The quantitative estimate of drug-likeness (QED) is 0.347. The third-order valence-electron chi connectivity index (χ3n) is 4.84. The summed E-state index contributed by atoms with van der Waals surface area (Å²) in [5.41, 5.74) is 1.60. The Hall–Kier alpha value is -2.51. The van der Waals surface area contributed by atoms with Crippen LogP contribution in [0, 0.1) is 0 Å². The van der Waals surface area contributed by atoms with Crippen LogP contribution < -0.4 is 4.90 Å². The van der Waals surface area contributed by atoms with E-state index in [1.54, 1.807) is 30.4 Å². The molecule has 14 heteroatoms. The fraction of sp³-hybridized carbons (Fsp3) is 0.412. The van der Waals surface area contributed by atoms with Gasteiger partial charge in [-0.25, -0.2) is 15.0 Å². The molecule has 4 heterocycles. The standard InChI is InChI=1S/C17H21N6O7P/c1-22(10-3-2-4-18-5-10)15-12-16(20-7-19-15)23(8-21-12)17-14(25)13(24)11(30-17)6-29-9-31(26,27)28/h2-5,7-8,11,13-14,17,24-25H,6,9H2,1H3,(H2,26,27,28)/t11-,13-,14-,17-/m1/s1. The molecule has 4 N–H and O–H groups in total. The van der Waals surface area contributed by atoms with Gasteiger partial charge in [-0.05, 0) is 12.1 Å². The van der Waals surface area contributed by atoms with Crippen LogP contribution in [-0.2, 0) is 14.0 Å². The minimum Gasteiger partial charge on any atom is -0.387 e. The molecule has 1 aliphatic heterocycles. The molecule has 0 bridgehead atoms. The molecule has 4 atom stereocenters. The van der Waals surface area contributed by atoms with Crippen LogP contribution in [-0.4, -0.2) is 82.8 Å². The number of aliphatic hydroxyl groups is 2. The molecule has 0 amide bonds. The van der Waals surface area contributed by atoms with Gasteiger partial charge in [-0.15, -0.1) is 0 Å². The summed E-state index contributed by atoms with van der Waals surface area (Å²) in [7, 11) is -2.55. The molecule has 0 spiro atoms. The van der Waals surface area contributed by atoms with E-state index in [-0.39, 0.29) is 6.61 Å². The molecular formula is C17H21N6O7P. The second-order valence-corrected chi connectivity index (χ2v) is 8.59. The Morgan fingerprint density at radius 1 is 1.26 bits per heavy atom. The molecule has 31 heavy (non-hydrogen) atoms. The number of hydrogen-bond acceptors (Lipinski definition) is 10. The minimum absolute atomic E-state index is 0.309. The Morgan fingerprint density at radius 2 is 2.06 bits per heavy atom. The van der Waals surface area contributed by atoms with Gasteiger partial charge in [0.25, 0.3) is 0 Å². The number of rotatable bonds is 7. The van der Waals surface area contributed by atoms with Crippen molar-refractivity contribution in [1.29, 1.82) is 0 Å². The van der Waals surface area contributed by atoms with Crippen molar-refractivity contribution in [3.05, 3.63) is 37.2 Å². The zero-order valence-corrected chi connectivity index (χ0v) is 17.2. The molecule has 3 aromatic heterocycles. The lowest BCUT2D eigenvalue weighted by atomic mass is 10.1. The van der Waals surface area contributed by atoms with Gasteiger partial charge in [-0.2, -0.15) is 0 Å². The van der Waals surface area contributed by atoms with E-state index in [0.717, 1.165) is 5.69 Å². The summed E-state index contributed by atoms with van der Waals surface area (Å²) in [5.74, 6) is 0.506. The largest absolute Gasteiger partial charge is 0.387 e. The van der Waals surface area contributed by atoms with E-state index in [9.17, 15) is 14.8 Å². The highest BCUT2D eigenvalue weighted by molar-refractivity contribution is 7.51. The number of hydrogen-bond donors (Lipinski definition) is 4. The molecule has 0 radical (unpaired) electrons. The van der Waals surface area contributed by atoms with Crippen molar-refractivity contribution in [2.24, 2.45) is 0 Å². The van der Waals surface area contributed by atoms with Gasteiger partial charge >= 0.3 is 7.60 Å². The summed E-state index contributed by atoms with van der Waals surface area (Å²) in [6.45, 7) is -0.309. The second kappa shape index (κ2) is 8.55. The average molecular weight is 452 g/mol. The molecule has 3 aromatic rings. The molecule has 0 aliphatic carbocycles. The van der Waals surface area contributed by atoms with E-state index >= 15 is 0 Å². The highest BCUT2D eigenvalue weighted by Gasteiger charge is 2.44. The van der Waals surface area contributed by atoms with Gasteiger partial charge in [0.15, 0.2) is 23.2 Å². The van der Waals surface area contributed by atoms with Crippen LogP contribution in [0.15, 0.2) is 37.2 Å². The molecular weight excluding hydrogens is 431 g/mol. The van der Waals surface area contributed by atoms with Crippen molar-refractivity contribution in [2.75, 3.05) is 24.9 Å². The SMILES string of the molecule is CN(c1cccnc1)c1ncnc2c1ncn2[C@@H]1O[C@H](COCP(=O)(O)O)[C@@H](O)[C@H]1O. The van der Waals surface area contributed by atoms with Crippen molar-refractivity contribution in [1.82, 2.24) is 24.5 Å². The molecule has 1 aliphatic rings. The van der Waals surface area contributed by atoms with Gasteiger partial charge in [0.05, 0.1) is 24.8 Å². The summed E-state index contributed by atoms with van der Waals surface area (Å²) >= 11 is 0. The maximum atomic E-state index is 10.9. The van der Waals surface area contributed by atoms with Gasteiger partial charge < -0.3 is 34.4 Å². The summed E-state index contributed by atoms with van der Waals surface area (Å²) in [6.07, 6.45) is 0.582. The topological polar surface area (TPSA) is 176 Å². The second-order valence-electron chi connectivity index (χ2n) is 7.00. The first-order valence-corrected chi connectivity index (χ1v) is 11.0. The van der Waals surface area contributed by atoms with Crippen LogP contribution in [0.1, 0.15) is 6.23 Å². The maximum absolute atomic E-state index is 10.9. The number of nitrogens with zero attached hydrogens (tertiary/aromatic N) is 6. The minimum atomic E-state index is -4.36. The molecule has 0 aromatic carbocycles. The summed E-state index contributed by atoms with van der Waals surface area (Å²) < 4.78 is 23.0. The first-order valence-electron chi connectivity index (χ1n) is 9.21. The highest BCUT2D eigenvalue weighted by Crippen LogP contribution is 2.36. The normalized spacial score (nSPS) is 24.0. The van der Waals surface area contributed by atoms with Crippen molar-refractivity contribution >= 4 is 30.3 Å². The van der Waals surface area contributed by atoms with Crippen LogP contribution in [0.3, 0.4) is 0 Å². The smallest absolute Gasteiger partial charge is 0.350 e. The van der Waals surface area contributed by atoms with E-state index in [1.807, 2.05) is 6.07 Å². The van der Waals surface area contributed by atoms with E-state index in [4.69, 9.17) is 19.3 Å². The predicted molar refractivity (Wildman–Crippen MR) is 106 cm³/mol. The van der Waals surface area contributed by atoms with Gasteiger partial charge in [0, 0.05) is 13.2 Å². The van der Waals surface area contributed by atoms with Crippen LogP contribution in [0.4, 0.5) is 11.5 Å². The third-order valence-corrected chi connectivity index (χ3v) is 5.36. The molecule has 4 rings (SSSR count). The first kappa shape index (κ1) is 21.7. The lowest BCUT2D eigenvalue weighted by molar-refractivity contribution is -0.0612. The average Bonchev–Trinajstić information content (AvgIpc) is 3.29. The monoisotopic (exact) mass is 452 g/mol. The molecule has 1 saturated heterocycles. The molecule has 1 fully saturated rings. The van der Waals surface area contributed by atoms with Gasteiger partial charge in [0.2, 0.25) is 0 Å². The van der Waals surface area contributed by atoms with Gasteiger partial charge in [-0.3, -0.25) is 14.1 Å². The Balaban J connectivity index is 1.58. The Kier molecular flexibility index (Phi) is 5.99. The van der Waals surface area contributed by atoms with Crippen molar-refractivity contribution < 1.29 is 34.0 Å². The van der Waals surface area contributed by atoms with E-state index < -0.39 is 38.5 Å². The Bertz CT molecular complexity index is 1090. The van der Waals surface area contributed by atoms with Crippen molar-refractivity contribution in [3.63, 3.8) is 0 Å². The Morgan fingerprint density at radius 3 is 2.77 bits per heavy atom. The van der Waals surface area contributed by atoms with Crippen LogP contribution >= 0.6 is 7.60 Å². The van der Waals surface area contributed by atoms with Crippen molar-refractivity contribution in [2.45, 2.75) is 24.5 Å². The number of anilines is 2. The third kappa shape index (κ3) is 4.43. The molecule has 13 nitrogen and oxygen atoms in total. The molecule has 0 unspecified atom stereocenters. The number of aromatic nitrogens is 5. The van der Waals surface area contributed by atoms with E-state index in [1.165, 1.54) is 17.2 Å². The summed E-state index contributed by atoms with van der Waals surface area (Å²) in [5, 5.41) is 20.8. The van der Waals surface area contributed by atoms with Crippen LogP contribution in [0.2, 0.25) is 0 Å². The summed E-state index contributed by atoms with van der Waals surface area (Å²) in [4.78, 5) is 36.5. The number of aliphatic hydroxyl groups excluding tert-OH is 2. The zero-order valence-electron chi connectivity index (χ0n) is 16.3. The first-order chi connectivity index (χ1) is 14.8. The lowest BCUT2D eigenvalue weighted by Crippen LogP contribution is -2.33. The molecule has 166 valence electrons. The van der Waals surface area contributed by atoms with Gasteiger partial charge in [-0.1, -0.05) is 0 Å². The lowest BCUT2D eigenvalue weighted by Gasteiger charge is -2.19. The fourth-order valence-electron chi connectivity index (χ4n) is 3.33. The summed E-state index contributed by atoms with van der Waals surface area (Å²) in [6, 6.07) is 3.65. The van der Waals surface area contributed by atoms with Crippen LogP contribution in [0.25, 0.3) is 11.2 Å². The molecule has 0 saturated carbocycles. The van der Waals surface area contributed by atoms with E-state index in [2.05, 4.69) is 19.9 Å². The predicted octanol–water partition coefficient (Wildman–Crippen LogP) is -0.240. The fourth-order valence-corrected chi connectivity index (χ4v) is 3.67. The number of pyridine rings is 1. The van der Waals surface area contributed by atoms with E-state index in [0.29, 0.717) is 17.0 Å². The number of imidazole rings is 1. The number of ether oxygens (including phenoxy) is 2. The van der Waals surface area contributed by atoms with Crippen LogP contribution in [0.5, 0.6) is 0 Å².